The van der Waals surface area contributed by atoms with E-state index < -0.39 is 0 Å². The van der Waals surface area contributed by atoms with Crippen LogP contribution in [-0.4, -0.2) is 5.11 Å². The monoisotopic (exact) mass is 174 g/mol. The molecule has 0 spiro atoms. The fourth-order valence-electron chi connectivity index (χ4n) is 1.28. The third-order valence-electron chi connectivity index (χ3n) is 1.94. The summed E-state index contributed by atoms with van der Waals surface area (Å²) in [5, 5.41) is 9.60. The Balaban J connectivity index is 2.60. The highest BCUT2D eigenvalue weighted by Crippen LogP contribution is 2.27. The van der Waals surface area contributed by atoms with Crippen LogP contribution in [0.1, 0.15) is 11.1 Å². The maximum Gasteiger partial charge on any atom is 0.137 e. The molecule has 2 heteroatoms. The molecule has 1 aromatic rings. The second-order valence-corrected chi connectivity index (χ2v) is 3.00. The van der Waals surface area contributed by atoms with Crippen molar-refractivity contribution in [3.8, 4) is 5.75 Å². The fourth-order valence-corrected chi connectivity index (χ4v) is 1.28. The molecule has 0 aromatic heterocycles. The van der Waals surface area contributed by atoms with Gasteiger partial charge in [0.05, 0.1) is 11.8 Å². The highest BCUT2D eigenvalue weighted by molar-refractivity contribution is 5.67. The van der Waals surface area contributed by atoms with E-state index in [1.54, 1.807) is 18.4 Å². The highest BCUT2D eigenvalue weighted by Gasteiger charge is 2.08. The maximum atomic E-state index is 9.60. The molecule has 1 aliphatic heterocycles. The van der Waals surface area contributed by atoms with Gasteiger partial charge in [0.1, 0.15) is 11.5 Å². The smallest absolute Gasteiger partial charge is 0.137 e. The van der Waals surface area contributed by atoms with Gasteiger partial charge < -0.3 is 9.84 Å². The summed E-state index contributed by atoms with van der Waals surface area (Å²) in [6.45, 7) is 1.98. The SMILES string of the molecule is Cc1ccc2c(c1)C(O)=CC=CO2. The van der Waals surface area contributed by atoms with Crippen LogP contribution in [-0.2, 0) is 0 Å². The lowest BCUT2D eigenvalue weighted by Crippen LogP contribution is -1.89. The Labute approximate surface area is 76.8 Å². The molecule has 0 unspecified atom stereocenters. The lowest BCUT2D eigenvalue weighted by Gasteiger charge is -2.06. The first-order valence-electron chi connectivity index (χ1n) is 4.11. The zero-order valence-electron chi connectivity index (χ0n) is 7.32. The van der Waals surface area contributed by atoms with E-state index in [1.807, 2.05) is 25.1 Å². The van der Waals surface area contributed by atoms with Crippen LogP contribution in [0, 0.1) is 6.92 Å². The molecule has 0 amide bonds. The summed E-state index contributed by atoms with van der Waals surface area (Å²) in [5.41, 5.74) is 1.84. The zero-order valence-corrected chi connectivity index (χ0v) is 7.32. The summed E-state index contributed by atoms with van der Waals surface area (Å²) in [4.78, 5) is 0. The number of hydrogen-bond acceptors (Lipinski definition) is 2. The van der Waals surface area contributed by atoms with E-state index in [0.717, 1.165) is 11.1 Å². The topological polar surface area (TPSA) is 29.5 Å². The van der Waals surface area contributed by atoms with E-state index in [0.29, 0.717) is 5.75 Å². The Kier molecular flexibility index (Phi) is 1.81. The Morgan fingerprint density at radius 3 is 3.00 bits per heavy atom. The van der Waals surface area contributed by atoms with Crippen LogP contribution >= 0.6 is 0 Å². The van der Waals surface area contributed by atoms with Gasteiger partial charge in [0, 0.05) is 0 Å². The van der Waals surface area contributed by atoms with Crippen LogP contribution in [0.15, 0.2) is 36.6 Å². The summed E-state index contributed by atoms with van der Waals surface area (Å²) < 4.78 is 5.28. The van der Waals surface area contributed by atoms with Gasteiger partial charge in [0.25, 0.3) is 0 Å². The third-order valence-corrected chi connectivity index (χ3v) is 1.94. The van der Waals surface area contributed by atoms with Crippen molar-refractivity contribution >= 4 is 5.76 Å². The van der Waals surface area contributed by atoms with Gasteiger partial charge in [-0.1, -0.05) is 11.6 Å². The van der Waals surface area contributed by atoms with E-state index in [1.165, 1.54) is 0 Å². The van der Waals surface area contributed by atoms with Crippen LogP contribution in [0.25, 0.3) is 5.76 Å². The van der Waals surface area contributed by atoms with Gasteiger partial charge >= 0.3 is 0 Å². The molecule has 1 heterocycles. The maximum absolute atomic E-state index is 9.60. The van der Waals surface area contributed by atoms with Gasteiger partial charge in [-0.25, -0.2) is 0 Å². The molecule has 1 N–H and O–H groups in total. The van der Waals surface area contributed by atoms with Gasteiger partial charge in [-0.05, 0) is 31.2 Å². The van der Waals surface area contributed by atoms with Crippen molar-refractivity contribution in [3.63, 3.8) is 0 Å². The molecule has 1 aliphatic rings. The largest absolute Gasteiger partial charge is 0.507 e. The van der Waals surface area contributed by atoms with Crippen LogP contribution in [0.2, 0.25) is 0 Å². The van der Waals surface area contributed by atoms with E-state index in [2.05, 4.69) is 0 Å². The minimum absolute atomic E-state index is 0.243. The molecule has 0 aliphatic carbocycles. The van der Waals surface area contributed by atoms with Crippen molar-refractivity contribution in [3.05, 3.63) is 47.7 Å². The zero-order chi connectivity index (χ0) is 9.26. The predicted octanol–water partition coefficient (Wildman–Crippen LogP) is 2.80. The lowest BCUT2D eigenvalue weighted by atomic mass is 10.1. The minimum atomic E-state index is 0.243. The average Bonchev–Trinajstić information content (AvgIpc) is 2.29. The van der Waals surface area contributed by atoms with E-state index in [-0.39, 0.29) is 5.76 Å². The number of aliphatic hydroxyl groups is 1. The van der Waals surface area contributed by atoms with Gasteiger partial charge in [0.2, 0.25) is 0 Å². The van der Waals surface area contributed by atoms with E-state index in [9.17, 15) is 5.11 Å². The molecule has 0 saturated carbocycles. The molecule has 0 saturated heterocycles. The molecule has 2 nitrogen and oxygen atoms in total. The number of aliphatic hydroxyl groups excluding tert-OH is 1. The first kappa shape index (κ1) is 7.92. The van der Waals surface area contributed by atoms with Gasteiger partial charge in [-0.15, -0.1) is 0 Å². The molecule has 0 radical (unpaired) electrons. The molecule has 66 valence electrons. The second-order valence-electron chi connectivity index (χ2n) is 3.00. The van der Waals surface area contributed by atoms with Crippen molar-refractivity contribution in [1.82, 2.24) is 0 Å². The Bertz CT molecular complexity index is 389. The van der Waals surface area contributed by atoms with Crippen LogP contribution in [0.5, 0.6) is 5.75 Å². The summed E-state index contributed by atoms with van der Waals surface area (Å²) in [6.07, 6.45) is 4.84. The third kappa shape index (κ3) is 1.43. The van der Waals surface area contributed by atoms with Crippen molar-refractivity contribution in [1.29, 1.82) is 0 Å². The normalized spacial score (nSPS) is 14.1. The van der Waals surface area contributed by atoms with E-state index in [4.69, 9.17) is 4.74 Å². The van der Waals surface area contributed by atoms with Crippen LogP contribution in [0.4, 0.5) is 0 Å². The van der Waals surface area contributed by atoms with Crippen molar-refractivity contribution in [2.75, 3.05) is 0 Å². The summed E-state index contributed by atoms with van der Waals surface area (Å²) >= 11 is 0. The number of aryl methyl sites for hydroxylation is 1. The first-order chi connectivity index (χ1) is 6.27. The molecule has 13 heavy (non-hydrogen) atoms. The molecule has 0 bridgehead atoms. The quantitative estimate of drug-likeness (QED) is 0.655. The van der Waals surface area contributed by atoms with Gasteiger partial charge in [0.15, 0.2) is 0 Å². The Morgan fingerprint density at radius 2 is 2.15 bits per heavy atom. The average molecular weight is 174 g/mol. The van der Waals surface area contributed by atoms with Crippen molar-refractivity contribution in [2.45, 2.75) is 6.92 Å². The molecular weight excluding hydrogens is 164 g/mol. The fraction of sp³-hybridized carbons (Fsp3) is 0.0909. The predicted molar refractivity (Wildman–Crippen MR) is 51.6 cm³/mol. The van der Waals surface area contributed by atoms with Crippen molar-refractivity contribution in [2.24, 2.45) is 0 Å². The first-order valence-corrected chi connectivity index (χ1v) is 4.11. The molecular formula is C11H10O2. The summed E-state index contributed by atoms with van der Waals surface area (Å²) in [5.74, 6) is 0.931. The number of rotatable bonds is 0. The molecule has 0 fully saturated rings. The number of fused-ring (bicyclic) bond motifs is 1. The number of benzene rings is 1. The number of ether oxygens (including phenoxy) is 1. The van der Waals surface area contributed by atoms with E-state index >= 15 is 0 Å². The van der Waals surface area contributed by atoms with Crippen LogP contribution < -0.4 is 4.74 Å². The number of hydrogen-bond donors (Lipinski definition) is 1. The van der Waals surface area contributed by atoms with Gasteiger partial charge in [-0.2, -0.15) is 0 Å². The standard InChI is InChI=1S/C11H10O2/c1-8-4-5-11-9(7-8)10(12)3-2-6-13-11/h2-7,12H,1H3. The highest BCUT2D eigenvalue weighted by atomic mass is 16.5. The summed E-state index contributed by atoms with van der Waals surface area (Å²) in [7, 11) is 0. The lowest BCUT2D eigenvalue weighted by molar-refractivity contribution is 0.471. The van der Waals surface area contributed by atoms with Gasteiger partial charge in [-0.3, -0.25) is 0 Å². The Hall–Kier alpha value is -1.70. The minimum Gasteiger partial charge on any atom is -0.507 e. The molecule has 2 rings (SSSR count). The second kappa shape index (κ2) is 2.98. The number of allylic oxidation sites excluding steroid dienone is 2. The summed E-state index contributed by atoms with van der Waals surface area (Å²) in [6, 6.07) is 5.70. The van der Waals surface area contributed by atoms with Crippen LogP contribution in [0.3, 0.4) is 0 Å². The molecule has 0 atom stereocenters. The molecule has 1 aromatic carbocycles. The Morgan fingerprint density at radius 1 is 1.31 bits per heavy atom. The van der Waals surface area contributed by atoms with Crippen molar-refractivity contribution < 1.29 is 9.84 Å².